The number of sulfone groups is 1. The molecule has 0 aliphatic heterocycles. The van der Waals surface area contributed by atoms with Gasteiger partial charge in [0.2, 0.25) is 21.7 Å². The van der Waals surface area contributed by atoms with Gasteiger partial charge in [0.25, 0.3) is 5.69 Å². The summed E-state index contributed by atoms with van der Waals surface area (Å²) in [6, 6.07) is 6.03. The fraction of sp³-hybridized carbons (Fsp3) is 0.227. The molecule has 1 heterocycles. The van der Waals surface area contributed by atoms with Crippen molar-refractivity contribution in [1.29, 1.82) is 0 Å². The van der Waals surface area contributed by atoms with Crippen LogP contribution in [-0.4, -0.2) is 36.2 Å². The zero-order valence-electron chi connectivity index (χ0n) is 18.7. The van der Waals surface area contributed by atoms with E-state index in [4.69, 9.17) is 0 Å². The van der Waals surface area contributed by atoms with Gasteiger partial charge >= 0.3 is 0 Å². The molecule has 1 unspecified atom stereocenters. The number of rotatable bonds is 10. The zero-order valence-corrected chi connectivity index (χ0v) is 20.4. The molecular weight excluding hydrogens is 518 g/mol. The molecule has 0 aliphatic rings. The molecule has 3 aromatic rings. The van der Waals surface area contributed by atoms with Crippen LogP contribution in [0.4, 0.5) is 19.6 Å². The van der Waals surface area contributed by atoms with Crippen molar-refractivity contribution >= 4 is 43.8 Å². The lowest BCUT2D eigenvalue weighted by atomic mass is 10.1. The Morgan fingerprint density at radius 2 is 1.78 bits per heavy atom. The molecule has 36 heavy (non-hydrogen) atoms. The minimum Gasteiger partial charge on any atom is -0.344 e. The fourth-order valence-corrected chi connectivity index (χ4v) is 5.63. The van der Waals surface area contributed by atoms with Gasteiger partial charge in [0.1, 0.15) is 21.9 Å². The molecule has 0 fully saturated rings. The van der Waals surface area contributed by atoms with E-state index in [1.54, 1.807) is 6.92 Å². The first-order chi connectivity index (χ1) is 17.0. The van der Waals surface area contributed by atoms with Crippen molar-refractivity contribution in [3.05, 3.63) is 76.0 Å². The highest BCUT2D eigenvalue weighted by molar-refractivity contribution is 7.93. The summed E-state index contributed by atoms with van der Waals surface area (Å²) >= 11 is 0.673. The fourth-order valence-electron chi connectivity index (χ4n) is 3.20. The predicted molar refractivity (Wildman–Crippen MR) is 126 cm³/mol. The highest BCUT2D eigenvalue weighted by Gasteiger charge is 2.25. The van der Waals surface area contributed by atoms with Crippen LogP contribution in [-0.2, 0) is 25.8 Å². The molecule has 190 valence electrons. The number of amides is 2. The number of halogens is 2. The summed E-state index contributed by atoms with van der Waals surface area (Å²) < 4.78 is 52.1. The van der Waals surface area contributed by atoms with Crippen LogP contribution in [0.3, 0.4) is 0 Å². The maximum atomic E-state index is 13.4. The molecule has 0 radical (unpaired) electrons. The van der Waals surface area contributed by atoms with Gasteiger partial charge in [0.05, 0.1) is 22.4 Å². The van der Waals surface area contributed by atoms with Gasteiger partial charge in [-0.1, -0.05) is 24.7 Å². The topological polar surface area (TPSA) is 148 Å². The lowest BCUT2D eigenvalue weighted by Gasteiger charge is -2.17. The number of aromatic nitrogens is 1. The van der Waals surface area contributed by atoms with Gasteiger partial charge in [-0.15, -0.1) is 0 Å². The number of carbonyl (C=O) groups excluding carboxylic acids is 2. The third-order valence-electron chi connectivity index (χ3n) is 4.85. The van der Waals surface area contributed by atoms with Gasteiger partial charge in [0.15, 0.2) is 5.13 Å². The molecule has 2 N–H and O–H groups in total. The van der Waals surface area contributed by atoms with Gasteiger partial charge in [-0.05, 0) is 36.2 Å². The summed E-state index contributed by atoms with van der Waals surface area (Å²) in [5.74, 6) is -2.94. The van der Waals surface area contributed by atoms with E-state index in [2.05, 4.69) is 15.6 Å². The number of hydrogen-bond donors (Lipinski definition) is 2. The van der Waals surface area contributed by atoms with E-state index >= 15 is 0 Å². The van der Waals surface area contributed by atoms with E-state index in [0.717, 1.165) is 42.6 Å². The van der Waals surface area contributed by atoms with Crippen LogP contribution in [0.5, 0.6) is 0 Å². The Balaban J connectivity index is 1.69. The zero-order chi connectivity index (χ0) is 26.5. The number of anilines is 1. The standard InChI is InChI=1S/C22H20F2N4O6S2/c1-2-3-18(26-19(29)10-13-8-14(23)11-15(24)9-13)21(30)27-22-25-12-20(35-22)36(33,34)17-6-4-16(5-7-17)28(31)32/h4-9,11-12,18H,2-3,10H2,1H3,(H,26,29)(H,25,27,30). The number of nitrogens with zero attached hydrogens (tertiary/aromatic N) is 2. The van der Waals surface area contributed by atoms with Gasteiger partial charge < -0.3 is 10.6 Å². The lowest BCUT2D eigenvalue weighted by Crippen LogP contribution is -2.44. The summed E-state index contributed by atoms with van der Waals surface area (Å²) in [7, 11) is -4.04. The monoisotopic (exact) mass is 538 g/mol. The second-order valence-electron chi connectivity index (χ2n) is 7.59. The Kier molecular flexibility index (Phi) is 8.42. The first-order valence-electron chi connectivity index (χ1n) is 10.5. The van der Waals surface area contributed by atoms with Crippen LogP contribution in [0.2, 0.25) is 0 Å². The van der Waals surface area contributed by atoms with E-state index in [-0.39, 0.29) is 38.3 Å². The van der Waals surface area contributed by atoms with Crippen LogP contribution < -0.4 is 10.6 Å². The smallest absolute Gasteiger partial charge is 0.269 e. The molecule has 0 aliphatic carbocycles. The maximum Gasteiger partial charge on any atom is 0.269 e. The van der Waals surface area contributed by atoms with Crippen molar-refractivity contribution in [2.24, 2.45) is 0 Å². The van der Waals surface area contributed by atoms with E-state index in [0.29, 0.717) is 23.8 Å². The predicted octanol–water partition coefficient (Wildman–Crippen LogP) is 3.63. The van der Waals surface area contributed by atoms with Crippen LogP contribution in [0, 0.1) is 21.7 Å². The number of carbonyl (C=O) groups is 2. The van der Waals surface area contributed by atoms with E-state index in [1.165, 1.54) is 0 Å². The first-order valence-corrected chi connectivity index (χ1v) is 12.8. The maximum absolute atomic E-state index is 13.4. The second kappa shape index (κ2) is 11.3. The van der Waals surface area contributed by atoms with Crippen molar-refractivity contribution in [3.8, 4) is 0 Å². The summed E-state index contributed by atoms with van der Waals surface area (Å²) in [6.45, 7) is 1.78. The van der Waals surface area contributed by atoms with Crippen LogP contribution in [0.15, 0.2) is 57.8 Å². The van der Waals surface area contributed by atoms with Crippen molar-refractivity contribution in [3.63, 3.8) is 0 Å². The molecule has 10 nitrogen and oxygen atoms in total. The minimum atomic E-state index is -4.04. The number of non-ortho nitro benzene ring substituents is 1. The van der Waals surface area contributed by atoms with E-state index < -0.39 is 44.3 Å². The Morgan fingerprint density at radius 1 is 1.14 bits per heavy atom. The molecule has 0 bridgehead atoms. The second-order valence-corrected chi connectivity index (χ2v) is 10.8. The summed E-state index contributed by atoms with van der Waals surface area (Å²) in [5, 5.41) is 15.7. The Labute approximate surface area is 208 Å². The molecule has 1 aromatic heterocycles. The molecule has 0 saturated carbocycles. The van der Waals surface area contributed by atoms with Crippen LogP contribution in [0.1, 0.15) is 25.3 Å². The van der Waals surface area contributed by atoms with Gasteiger partial charge in [-0.25, -0.2) is 22.2 Å². The van der Waals surface area contributed by atoms with Crippen molar-refractivity contribution in [1.82, 2.24) is 10.3 Å². The average molecular weight is 539 g/mol. The van der Waals surface area contributed by atoms with Crippen molar-refractivity contribution in [2.45, 2.75) is 41.3 Å². The number of benzene rings is 2. The third-order valence-corrected chi connectivity index (χ3v) is 8.00. The van der Waals surface area contributed by atoms with Crippen molar-refractivity contribution in [2.75, 3.05) is 5.32 Å². The van der Waals surface area contributed by atoms with Crippen LogP contribution in [0.25, 0.3) is 0 Å². The number of hydrogen-bond acceptors (Lipinski definition) is 8. The normalized spacial score (nSPS) is 12.1. The Bertz CT molecular complexity index is 1370. The Hall–Kier alpha value is -3.78. The molecule has 14 heteroatoms. The van der Waals surface area contributed by atoms with E-state index in [9.17, 15) is 36.9 Å². The largest absolute Gasteiger partial charge is 0.344 e. The molecular formula is C22H20F2N4O6S2. The third kappa shape index (κ3) is 6.66. The van der Waals surface area contributed by atoms with Gasteiger partial charge in [-0.2, -0.15) is 0 Å². The molecule has 3 rings (SSSR count). The van der Waals surface area contributed by atoms with Crippen molar-refractivity contribution < 1.29 is 31.7 Å². The number of nitro benzene ring substituents is 1. The quantitative estimate of drug-likeness (QED) is 0.296. The SMILES string of the molecule is CCCC(NC(=O)Cc1cc(F)cc(F)c1)C(=O)Nc1ncc(S(=O)(=O)c2ccc([N+](=O)[O-])cc2)s1. The summed E-state index contributed by atoms with van der Waals surface area (Å²) in [5.41, 5.74) is -0.167. The highest BCUT2D eigenvalue weighted by atomic mass is 32.2. The molecule has 2 aromatic carbocycles. The highest BCUT2D eigenvalue weighted by Crippen LogP contribution is 2.29. The molecule has 0 saturated heterocycles. The van der Waals surface area contributed by atoms with Gasteiger partial charge in [0, 0.05) is 18.2 Å². The average Bonchev–Trinajstić information content (AvgIpc) is 3.27. The Morgan fingerprint density at radius 3 is 2.36 bits per heavy atom. The minimum absolute atomic E-state index is 0.0389. The molecule has 1 atom stereocenters. The van der Waals surface area contributed by atoms with Gasteiger partial charge in [-0.3, -0.25) is 19.7 Å². The van der Waals surface area contributed by atoms with E-state index in [1.807, 2.05) is 0 Å². The van der Waals surface area contributed by atoms with Crippen LogP contribution >= 0.6 is 11.3 Å². The first kappa shape index (κ1) is 26.8. The number of nitrogens with one attached hydrogen (secondary N) is 2. The number of nitro groups is 1. The lowest BCUT2D eigenvalue weighted by molar-refractivity contribution is -0.384. The molecule has 0 spiro atoms. The molecule has 2 amide bonds. The summed E-state index contributed by atoms with van der Waals surface area (Å²) in [4.78, 5) is 38.9. The summed E-state index contributed by atoms with van der Waals surface area (Å²) in [6.07, 6.45) is 1.46. The number of thiazole rings is 1.